The van der Waals surface area contributed by atoms with Crippen LogP contribution in [0.25, 0.3) is 0 Å². The van der Waals surface area contributed by atoms with E-state index in [0.717, 1.165) is 24.7 Å². The molecule has 4 rings (SSSR count). The fourth-order valence-corrected chi connectivity index (χ4v) is 2.99. The van der Waals surface area contributed by atoms with Crippen LogP contribution in [0.2, 0.25) is 0 Å². The Balaban J connectivity index is 1.60. The van der Waals surface area contributed by atoms with Crippen molar-refractivity contribution in [2.45, 2.75) is 51.1 Å². The Morgan fingerprint density at radius 2 is 2.10 bits per heavy atom. The van der Waals surface area contributed by atoms with Gasteiger partial charge >= 0.3 is 0 Å². The lowest BCUT2D eigenvalue weighted by Crippen LogP contribution is -2.36. The number of para-hydroxylation sites is 1. The number of rotatable bonds is 3. The van der Waals surface area contributed by atoms with Crippen molar-refractivity contribution in [1.29, 1.82) is 0 Å². The van der Waals surface area contributed by atoms with Crippen molar-refractivity contribution in [2.24, 2.45) is 0 Å². The number of nitrogens with zero attached hydrogens (tertiary/aromatic N) is 3. The van der Waals surface area contributed by atoms with Gasteiger partial charge in [-0.25, -0.2) is 0 Å². The Kier molecular flexibility index (Phi) is 2.76. The topological polar surface area (TPSA) is 42.2 Å². The van der Waals surface area contributed by atoms with Gasteiger partial charge in [-0.3, -0.25) is 0 Å². The zero-order chi connectivity index (χ0) is 13.5. The first-order valence-corrected chi connectivity index (χ1v) is 7.48. The van der Waals surface area contributed by atoms with E-state index in [4.69, 9.17) is 4.52 Å². The SMILES string of the molecule is C[C@@H]1CCc2ccccc2N1Cc1nc(C2CC2)no1. The van der Waals surface area contributed by atoms with Gasteiger partial charge in [0.1, 0.15) is 0 Å². The molecular weight excluding hydrogens is 250 g/mol. The van der Waals surface area contributed by atoms with E-state index in [1.165, 1.54) is 30.5 Å². The van der Waals surface area contributed by atoms with E-state index < -0.39 is 0 Å². The third-order valence-corrected chi connectivity index (χ3v) is 4.40. The van der Waals surface area contributed by atoms with Crippen LogP contribution in [0.1, 0.15) is 49.4 Å². The maximum absolute atomic E-state index is 5.43. The molecule has 1 aromatic heterocycles. The number of hydrogen-bond acceptors (Lipinski definition) is 4. The molecule has 20 heavy (non-hydrogen) atoms. The Bertz CT molecular complexity index is 618. The molecule has 1 atom stereocenters. The number of benzene rings is 1. The van der Waals surface area contributed by atoms with Gasteiger partial charge in [0.2, 0.25) is 5.89 Å². The van der Waals surface area contributed by atoms with E-state index in [1.54, 1.807) is 0 Å². The molecule has 1 aromatic carbocycles. The molecule has 0 radical (unpaired) electrons. The van der Waals surface area contributed by atoms with Crippen molar-refractivity contribution >= 4 is 5.69 Å². The van der Waals surface area contributed by atoms with E-state index in [9.17, 15) is 0 Å². The summed E-state index contributed by atoms with van der Waals surface area (Å²) in [7, 11) is 0. The van der Waals surface area contributed by atoms with Crippen molar-refractivity contribution in [1.82, 2.24) is 10.1 Å². The highest BCUT2D eigenvalue weighted by Crippen LogP contribution is 2.38. The van der Waals surface area contributed by atoms with E-state index in [-0.39, 0.29) is 0 Å². The molecule has 2 aromatic rings. The maximum Gasteiger partial charge on any atom is 0.246 e. The molecule has 0 saturated heterocycles. The number of aromatic nitrogens is 2. The van der Waals surface area contributed by atoms with Crippen molar-refractivity contribution in [2.75, 3.05) is 4.90 Å². The third-order valence-electron chi connectivity index (χ3n) is 4.40. The Labute approximate surface area is 118 Å². The van der Waals surface area contributed by atoms with Crippen LogP contribution in [-0.4, -0.2) is 16.2 Å². The van der Waals surface area contributed by atoms with Gasteiger partial charge in [0.15, 0.2) is 5.82 Å². The molecule has 0 N–H and O–H groups in total. The molecule has 0 spiro atoms. The van der Waals surface area contributed by atoms with Gasteiger partial charge in [0.25, 0.3) is 0 Å². The smallest absolute Gasteiger partial charge is 0.246 e. The number of anilines is 1. The summed E-state index contributed by atoms with van der Waals surface area (Å²) in [6.07, 6.45) is 4.76. The highest BCUT2D eigenvalue weighted by atomic mass is 16.5. The summed E-state index contributed by atoms with van der Waals surface area (Å²) in [5, 5.41) is 4.11. The summed E-state index contributed by atoms with van der Waals surface area (Å²) in [6, 6.07) is 9.15. The van der Waals surface area contributed by atoms with Gasteiger partial charge in [0, 0.05) is 17.6 Å². The van der Waals surface area contributed by atoms with Gasteiger partial charge in [-0.1, -0.05) is 23.4 Å². The lowest BCUT2D eigenvalue weighted by Gasteiger charge is -2.36. The van der Waals surface area contributed by atoms with Crippen LogP contribution < -0.4 is 4.90 Å². The van der Waals surface area contributed by atoms with Crippen molar-refractivity contribution in [3.8, 4) is 0 Å². The van der Waals surface area contributed by atoms with Gasteiger partial charge in [-0.2, -0.15) is 4.98 Å². The summed E-state index contributed by atoms with van der Waals surface area (Å²) in [6.45, 7) is 2.99. The molecule has 0 bridgehead atoms. The van der Waals surface area contributed by atoms with E-state index >= 15 is 0 Å². The second-order valence-corrected chi connectivity index (χ2v) is 5.96. The lowest BCUT2D eigenvalue weighted by molar-refractivity contribution is 0.364. The fourth-order valence-electron chi connectivity index (χ4n) is 2.99. The second kappa shape index (κ2) is 4.62. The third kappa shape index (κ3) is 2.09. The van der Waals surface area contributed by atoms with Crippen LogP contribution in [0.5, 0.6) is 0 Å². The number of fused-ring (bicyclic) bond motifs is 1. The molecule has 0 amide bonds. The summed E-state index contributed by atoms with van der Waals surface area (Å²) < 4.78 is 5.43. The quantitative estimate of drug-likeness (QED) is 0.857. The van der Waals surface area contributed by atoms with Crippen LogP contribution in [0, 0.1) is 0 Å². The average Bonchev–Trinajstić information content (AvgIpc) is 3.22. The Morgan fingerprint density at radius 3 is 2.95 bits per heavy atom. The molecule has 104 valence electrons. The van der Waals surface area contributed by atoms with Crippen LogP contribution in [0.4, 0.5) is 5.69 Å². The van der Waals surface area contributed by atoms with Gasteiger partial charge in [-0.05, 0) is 44.2 Å². The summed E-state index contributed by atoms with van der Waals surface area (Å²) in [4.78, 5) is 6.95. The molecule has 1 saturated carbocycles. The zero-order valence-electron chi connectivity index (χ0n) is 11.7. The second-order valence-electron chi connectivity index (χ2n) is 5.96. The Hall–Kier alpha value is -1.84. The molecule has 4 heteroatoms. The summed E-state index contributed by atoms with van der Waals surface area (Å²) >= 11 is 0. The van der Waals surface area contributed by atoms with Gasteiger partial charge in [0.05, 0.1) is 6.54 Å². The predicted octanol–water partition coefficient (Wildman–Crippen LogP) is 3.29. The molecule has 0 unspecified atom stereocenters. The Morgan fingerprint density at radius 1 is 1.25 bits per heavy atom. The van der Waals surface area contributed by atoms with Gasteiger partial charge < -0.3 is 9.42 Å². The molecule has 2 heterocycles. The molecular formula is C16H19N3O. The monoisotopic (exact) mass is 269 g/mol. The first kappa shape index (κ1) is 11.9. The normalized spacial score (nSPS) is 21.9. The minimum Gasteiger partial charge on any atom is -0.359 e. The highest BCUT2D eigenvalue weighted by Gasteiger charge is 2.30. The zero-order valence-corrected chi connectivity index (χ0v) is 11.7. The van der Waals surface area contributed by atoms with Crippen LogP contribution >= 0.6 is 0 Å². The molecule has 1 fully saturated rings. The molecule has 1 aliphatic heterocycles. The summed E-state index contributed by atoms with van der Waals surface area (Å²) in [5.41, 5.74) is 2.74. The lowest BCUT2D eigenvalue weighted by atomic mass is 9.97. The minimum absolute atomic E-state index is 0.515. The highest BCUT2D eigenvalue weighted by molar-refractivity contribution is 5.56. The van der Waals surface area contributed by atoms with Crippen LogP contribution in [0.15, 0.2) is 28.8 Å². The standard InChI is InChI=1S/C16H19N3O/c1-11-6-7-12-4-2-3-5-14(12)19(11)10-15-17-16(18-20-15)13-8-9-13/h2-5,11,13H,6-10H2,1H3/t11-/m1/s1. The van der Waals surface area contributed by atoms with Crippen molar-refractivity contribution in [3.05, 3.63) is 41.5 Å². The minimum atomic E-state index is 0.515. The largest absolute Gasteiger partial charge is 0.359 e. The van der Waals surface area contributed by atoms with E-state index in [2.05, 4.69) is 46.2 Å². The maximum atomic E-state index is 5.43. The van der Waals surface area contributed by atoms with Gasteiger partial charge in [-0.15, -0.1) is 0 Å². The number of hydrogen-bond donors (Lipinski definition) is 0. The fraction of sp³-hybridized carbons (Fsp3) is 0.500. The van der Waals surface area contributed by atoms with Crippen molar-refractivity contribution in [3.63, 3.8) is 0 Å². The van der Waals surface area contributed by atoms with E-state index in [1.807, 2.05) is 0 Å². The first-order valence-electron chi connectivity index (χ1n) is 7.48. The predicted molar refractivity (Wildman–Crippen MR) is 76.7 cm³/mol. The molecule has 4 nitrogen and oxygen atoms in total. The average molecular weight is 269 g/mol. The number of aryl methyl sites for hydroxylation is 1. The van der Waals surface area contributed by atoms with Crippen LogP contribution in [-0.2, 0) is 13.0 Å². The first-order chi connectivity index (χ1) is 9.81. The molecule has 2 aliphatic rings. The van der Waals surface area contributed by atoms with Crippen LogP contribution in [0.3, 0.4) is 0 Å². The summed E-state index contributed by atoms with van der Waals surface area (Å²) in [5.74, 6) is 2.20. The van der Waals surface area contributed by atoms with E-state index in [0.29, 0.717) is 12.0 Å². The molecule has 1 aliphatic carbocycles. The van der Waals surface area contributed by atoms with Crippen molar-refractivity contribution < 1.29 is 4.52 Å².